The Bertz CT molecular complexity index is 898. The van der Waals surface area contributed by atoms with Gasteiger partial charge in [-0.05, 0) is 67.2 Å². The first-order valence-corrected chi connectivity index (χ1v) is 11.2. The van der Waals surface area contributed by atoms with E-state index in [-0.39, 0.29) is 11.9 Å². The molecule has 0 radical (unpaired) electrons. The largest absolute Gasteiger partial charge is 0.337 e. The number of hydrogen-bond donors (Lipinski definition) is 0. The van der Waals surface area contributed by atoms with Gasteiger partial charge in [0.05, 0.1) is 22.5 Å². The number of likely N-dealkylation sites (tertiary alicyclic amines) is 1. The molecule has 1 aliphatic carbocycles. The van der Waals surface area contributed by atoms with Gasteiger partial charge < -0.3 is 4.90 Å². The van der Waals surface area contributed by atoms with E-state index >= 15 is 0 Å². The van der Waals surface area contributed by atoms with Crippen LogP contribution in [0.4, 0.5) is 0 Å². The van der Waals surface area contributed by atoms with E-state index in [2.05, 4.69) is 39.0 Å². The Kier molecular flexibility index (Phi) is 6.03. The summed E-state index contributed by atoms with van der Waals surface area (Å²) in [5.74, 6) is 0.0976. The Morgan fingerprint density at radius 3 is 2.64 bits per heavy atom. The standard InChI is InChI=1S/C22H23BrCl2N2O/c1-26(21(28)12-14-7-8-18(24)19(25)11-14)22-15-5-4-6-17(23)16(15)13-20(22)27-9-2-3-10-27/h4-8,11,20,22H,2-3,9-10,12-13H2,1H3. The SMILES string of the molecule is CN(C(=O)Cc1ccc(Cl)c(Cl)c1)C1c2cccc(Br)c2CC1N1CCCC1. The number of benzene rings is 2. The average Bonchev–Trinajstić information content (AvgIpc) is 3.32. The normalized spacial score (nSPS) is 21.7. The van der Waals surface area contributed by atoms with E-state index < -0.39 is 0 Å². The lowest BCUT2D eigenvalue weighted by molar-refractivity contribution is -0.132. The molecule has 0 bridgehead atoms. The van der Waals surface area contributed by atoms with Crippen LogP contribution in [0.25, 0.3) is 0 Å². The molecule has 0 N–H and O–H groups in total. The van der Waals surface area contributed by atoms with E-state index in [1.54, 1.807) is 12.1 Å². The zero-order valence-corrected chi connectivity index (χ0v) is 18.9. The Labute approximate surface area is 184 Å². The summed E-state index contributed by atoms with van der Waals surface area (Å²) in [6.45, 7) is 2.23. The summed E-state index contributed by atoms with van der Waals surface area (Å²) in [5.41, 5.74) is 3.48. The number of fused-ring (bicyclic) bond motifs is 1. The van der Waals surface area contributed by atoms with Crippen LogP contribution in [0.3, 0.4) is 0 Å². The molecule has 3 nitrogen and oxygen atoms in total. The first-order valence-electron chi connectivity index (χ1n) is 9.66. The van der Waals surface area contributed by atoms with Crippen molar-refractivity contribution in [2.75, 3.05) is 20.1 Å². The quantitative estimate of drug-likeness (QED) is 0.574. The van der Waals surface area contributed by atoms with Crippen LogP contribution in [0.5, 0.6) is 0 Å². The maximum absolute atomic E-state index is 13.2. The highest BCUT2D eigenvalue weighted by Gasteiger charge is 2.41. The highest BCUT2D eigenvalue weighted by Crippen LogP contribution is 2.42. The van der Waals surface area contributed by atoms with Crippen molar-refractivity contribution in [2.24, 2.45) is 0 Å². The van der Waals surface area contributed by atoms with Gasteiger partial charge in [0.15, 0.2) is 0 Å². The van der Waals surface area contributed by atoms with Crippen LogP contribution in [0.1, 0.15) is 35.6 Å². The van der Waals surface area contributed by atoms with E-state index in [1.807, 2.05) is 18.0 Å². The van der Waals surface area contributed by atoms with Crippen molar-refractivity contribution in [3.63, 3.8) is 0 Å². The van der Waals surface area contributed by atoms with Crippen molar-refractivity contribution in [3.8, 4) is 0 Å². The maximum atomic E-state index is 13.2. The van der Waals surface area contributed by atoms with Crippen molar-refractivity contribution in [2.45, 2.75) is 37.8 Å². The molecule has 6 heteroatoms. The second kappa shape index (κ2) is 8.35. The molecular formula is C22H23BrCl2N2O. The number of carbonyl (C=O) groups excluding carboxylic acids is 1. The summed E-state index contributed by atoms with van der Waals surface area (Å²) in [5, 5.41) is 0.995. The molecule has 1 aliphatic heterocycles. The third-order valence-corrected chi connectivity index (χ3v) is 7.49. The summed E-state index contributed by atoms with van der Waals surface area (Å²) in [4.78, 5) is 17.7. The van der Waals surface area contributed by atoms with Gasteiger partial charge >= 0.3 is 0 Å². The van der Waals surface area contributed by atoms with Crippen LogP contribution in [-0.2, 0) is 17.6 Å². The minimum Gasteiger partial charge on any atom is -0.337 e. The van der Waals surface area contributed by atoms with Gasteiger partial charge in [0.2, 0.25) is 5.91 Å². The van der Waals surface area contributed by atoms with Gasteiger partial charge in [0.1, 0.15) is 0 Å². The number of nitrogens with zero attached hydrogens (tertiary/aromatic N) is 2. The Balaban J connectivity index is 1.61. The fourth-order valence-electron chi connectivity index (χ4n) is 4.57. The van der Waals surface area contributed by atoms with Crippen molar-refractivity contribution in [1.29, 1.82) is 0 Å². The molecule has 1 saturated heterocycles. The second-order valence-electron chi connectivity index (χ2n) is 7.70. The van der Waals surface area contributed by atoms with Gasteiger partial charge in [0, 0.05) is 17.6 Å². The maximum Gasteiger partial charge on any atom is 0.227 e. The van der Waals surface area contributed by atoms with Crippen LogP contribution < -0.4 is 0 Å². The van der Waals surface area contributed by atoms with Gasteiger partial charge in [-0.15, -0.1) is 0 Å². The lowest BCUT2D eigenvalue weighted by atomic mass is 10.0. The van der Waals surface area contributed by atoms with Gasteiger partial charge in [0.25, 0.3) is 0 Å². The fraction of sp³-hybridized carbons (Fsp3) is 0.409. The number of amides is 1. The fourth-order valence-corrected chi connectivity index (χ4v) is 5.43. The number of hydrogen-bond acceptors (Lipinski definition) is 2. The lowest BCUT2D eigenvalue weighted by Gasteiger charge is -2.35. The van der Waals surface area contributed by atoms with E-state index in [9.17, 15) is 4.79 Å². The molecule has 0 spiro atoms. The highest BCUT2D eigenvalue weighted by molar-refractivity contribution is 9.10. The first kappa shape index (κ1) is 20.2. The van der Waals surface area contributed by atoms with Gasteiger partial charge in [-0.3, -0.25) is 9.69 Å². The first-order chi connectivity index (χ1) is 13.5. The van der Waals surface area contributed by atoms with E-state index in [4.69, 9.17) is 23.2 Å². The molecule has 0 saturated carbocycles. The smallest absolute Gasteiger partial charge is 0.227 e. The summed E-state index contributed by atoms with van der Waals surface area (Å²) < 4.78 is 1.14. The Hall–Kier alpha value is -1.07. The van der Waals surface area contributed by atoms with Crippen molar-refractivity contribution in [1.82, 2.24) is 9.80 Å². The molecule has 2 aromatic rings. The van der Waals surface area contributed by atoms with Crippen LogP contribution in [0.2, 0.25) is 10.0 Å². The van der Waals surface area contributed by atoms with Crippen molar-refractivity contribution >= 4 is 45.0 Å². The minimum absolute atomic E-state index is 0.0703. The zero-order valence-electron chi connectivity index (χ0n) is 15.8. The van der Waals surface area contributed by atoms with E-state index in [0.29, 0.717) is 22.5 Å². The van der Waals surface area contributed by atoms with Crippen molar-refractivity contribution in [3.05, 3.63) is 67.6 Å². The molecule has 2 unspecified atom stereocenters. The number of carbonyl (C=O) groups is 1. The molecule has 1 heterocycles. The molecule has 2 aliphatic rings. The summed E-state index contributed by atoms with van der Waals surface area (Å²) >= 11 is 15.9. The predicted molar refractivity (Wildman–Crippen MR) is 118 cm³/mol. The van der Waals surface area contributed by atoms with Crippen LogP contribution in [-0.4, -0.2) is 41.9 Å². The van der Waals surface area contributed by atoms with Gasteiger partial charge in [-0.2, -0.15) is 0 Å². The van der Waals surface area contributed by atoms with Crippen LogP contribution in [0, 0.1) is 0 Å². The molecule has 148 valence electrons. The van der Waals surface area contributed by atoms with Gasteiger partial charge in [-0.1, -0.05) is 57.3 Å². The molecule has 28 heavy (non-hydrogen) atoms. The number of rotatable bonds is 4. The topological polar surface area (TPSA) is 23.6 Å². The third kappa shape index (κ3) is 3.85. The number of likely N-dealkylation sites (N-methyl/N-ethyl adjacent to an activating group) is 1. The van der Waals surface area contributed by atoms with E-state index in [0.717, 1.165) is 29.5 Å². The van der Waals surface area contributed by atoms with Gasteiger partial charge in [-0.25, -0.2) is 0 Å². The summed E-state index contributed by atoms with van der Waals surface area (Å²) in [7, 11) is 1.93. The molecule has 0 aromatic heterocycles. The third-order valence-electron chi connectivity index (χ3n) is 6.01. The summed E-state index contributed by atoms with van der Waals surface area (Å²) in [6, 6.07) is 12.1. The Morgan fingerprint density at radius 1 is 1.18 bits per heavy atom. The molecule has 2 aromatic carbocycles. The average molecular weight is 482 g/mol. The Morgan fingerprint density at radius 2 is 1.93 bits per heavy atom. The van der Waals surface area contributed by atoms with E-state index in [1.165, 1.54) is 24.0 Å². The number of halogens is 3. The minimum atomic E-state index is 0.0703. The monoisotopic (exact) mass is 480 g/mol. The van der Waals surface area contributed by atoms with Crippen LogP contribution >= 0.6 is 39.1 Å². The highest BCUT2D eigenvalue weighted by atomic mass is 79.9. The molecule has 1 amide bonds. The summed E-state index contributed by atoms with van der Waals surface area (Å²) in [6.07, 6.45) is 3.77. The molecule has 1 fully saturated rings. The second-order valence-corrected chi connectivity index (χ2v) is 9.37. The molecule has 2 atom stereocenters. The zero-order chi connectivity index (χ0) is 19.8. The molecular weight excluding hydrogens is 459 g/mol. The lowest BCUT2D eigenvalue weighted by Crippen LogP contribution is -2.44. The molecule has 4 rings (SSSR count). The predicted octanol–water partition coefficient (Wildman–Crippen LogP) is 5.52. The van der Waals surface area contributed by atoms with Crippen LogP contribution in [0.15, 0.2) is 40.9 Å². The van der Waals surface area contributed by atoms with Crippen molar-refractivity contribution < 1.29 is 4.79 Å².